The predicted octanol–water partition coefficient (Wildman–Crippen LogP) is 1.77. The molecule has 1 aromatic carbocycles. The predicted molar refractivity (Wildman–Crippen MR) is 117 cm³/mol. The van der Waals surface area contributed by atoms with E-state index in [-0.39, 0.29) is 17.6 Å². The number of nitrogen functional groups attached to an aromatic ring is 1. The van der Waals surface area contributed by atoms with E-state index >= 15 is 0 Å². The third-order valence-electron chi connectivity index (χ3n) is 5.57. The van der Waals surface area contributed by atoms with Gasteiger partial charge < -0.3 is 16.4 Å². The number of nitrogens with one attached hydrogen (secondary N) is 2. The fourth-order valence-corrected chi connectivity index (χ4v) is 3.97. The zero-order valence-corrected chi connectivity index (χ0v) is 18.3. The van der Waals surface area contributed by atoms with Gasteiger partial charge in [0.2, 0.25) is 11.8 Å². The van der Waals surface area contributed by atoms with E-state index in [1.54, 1.807) is 49.8 Å². The van der Waals surface area contributed by atoms with Gasteiger partial charge in [-0.1, -0.05) is 19.1 Å². The van der Waals surface area contributed by atoms with Crippen LogP contribution in [0.25, 0.3) is 0 Å². The molecule has 0 spiro atoms. The molecule has 1 saturated carbocycles. The molecule has 164 valence electrons. The molecule has 2 aromatic rings. The minimum atomic E-state index is -1.17. The maximum atomic E-state index is 13.4. The first-order chi connectivity index (χ1) is 14.6. The summed E-state index contributed by atoms with van der Waals surface area (Å²) in [4.78, 5) is 47.5. The molecule has 8 heteroatoms. The van der Waals surface area contributed by atoms with Gasteiger partial charge in [0.25, 0.3) is 0 Å². The van der Waals surface area contributed by atoms with E-state index in [1.165, 1.54) is 0 Å². The Hall–Kier alpha value is -3.29. The lowest BCUT2D eigenvalue weighted by atomic mass is 9.91. The van der Waals surface area contributed by atoms with Crippen molar-refractivity contribution in [2.45, 2.75) is 39.7 Å². The van der Waals surface area contributed by atoms with Crippen molar-refractivity contribution in [2.24, 2.45) is 17.3 Å². The first-order valence-corrected chi connectivity index (χ1v) is 10.3. The number of Topliss-reactive ketones (excluding diaryl/α,β-unsaturated/α-hetero) is 1. The van der Waals surface area contributed by atoms with Crippen LogP contribution in [-0.2, 0) is 16.0 Å². The average molecular weight is 424 g/mol. The number of aromatic nitrogens is 2. The van der Waals surface area contributed by atoms with Crippen LogP contribution in [0.1, 0.15) is 43.7 Å². The summed E-state index contributed by atoms with van der Waals surface area (Å²) in [7, 11) is 0. The highest BCUT2D eigenvalue weighted by Gasteiger charge is 2.72. The Kier molecular flexibility index (Phi) is 6.10. The zero-order valence-electron chi connectivity index (χ0n) is 18.3. The smallest absolute Gasteiger partial charge is 0.225 e. The Labute approximate surface area is 182 Å². The minimum Gasteiger partial charge on any atom is -0.398 e. The van der Waals surface area contributed by atoms with E-state index in [1.807, 2.05) is 20.8 Å². The van der Waals surface area contributed by atoms with Gasteiger partial charge in [-0.25, -0.2) is 0 Å². The lowest BCUT2D eigenvalue weighted by molar-refractivity contribution is -0.128. The van der Waals surface area contributed by atoms with Gasteiger partial charge in [0.05, 0.1) is 22.9 Å². The van der Waals surface area contributed by atoms with E-state index in [4.69, 9.17) is 5.73 Å². The molecule has 3 atom stereocenters. The van der Waals surface area contributed by atoms with Gasteiger partial charge in [0.15, 0.2) is 5.78 Å². The Balaban J connectivity index is 1.79. The van der Waals surface area contributed by atoms with E-state index in [0.29, 0.717) is 24.2 Å². The van der Waals surface area contributed by atoms with Crippen molar-refractivity contribution < 1.29 is 14.4 Å². The van der Waals surface area contributed by atoms with E-state index in [9.17, 15) is 14.4 Å². The first-order valence-electron chi connectivity index (χ1n) is 10.3. The highest BCUT2D eigenvalue weighted by molar-refractivity contribution is 6.14. The van der Waals surface area contributed by atoms with E-state index in [2.05, 4.69) is 20.6 Å². The van der Waals surface area contributed by atoms with Crippen LogP contribution < -0.4 is 16.4 Å². The average Bonchev–Trinajstić information content (AvgIpc) is 3.35. The van der Waals surface area contributed by atoms with Crippen LogP contribution in [0.5, 0.6) is 0 Å². The number of benzene rings is 1. The number of amides is 2. The van der Waals surface area contributed by atoms with Gasteiger partial charge in [-0.15, -0.1) is 0 Å². The fraction of sp³-hybridized carbons (Fsp3) is 0.435. The third kappa shape index (κ3) is 4.73. The molecule has 0 unspecified atom stereocenters. The van der Waals surface area contributed by atoms with Crippen molar-refractivity contribution in [2.75, 3.05) is 12.3 Å². The number of ketones is 1. The first kappa shape index (κ1) is 22.4. The normalized spacial score (nSPS) is 22.5. The van der Waals surface area contributed by atoms with Crippen molar-refractivity contribution in [1.29, 1.82) is 0 Å². The number of rotatable bonds is 7. The summed E-state index contributed by atoms with van der Waals surface area (Å²) < 4.78 is 0. The molecular weight excluding hydrogens is 394 g/mol. The molecule has 8 nitrogen and oxygen atoms in total. The second-order valence-corrected chi connectivity index (χ2v) is 9.13. The summed E-state index contributed by atoms with van der Waals surface area (Å²) in [6.45, 7) is 7.58. The summed E-state index contributed by atoms with van der Waals surface area (Å²) in [5.41, 5.74) is 5.76. The number of nitrogens with two attached hydrogens (primary N) is 1. The van der Waals surface area contributed by atoms with Gasteiger partial charge in [-0.3, -0.25) is 24.4 Å². The summed E-state index contributed by atoms with van der Waals surface area (Å²) in [5, 5.41) is 5.75. The highest BCUT2D eigenvalue weighted by atomic mass is 16.2. The van der Waals surface area contributed by atoms with Gasteiger partial charge in [-0.05, 0) is 32.9 Å². The minimum absolute atomic E-state index is 0.297. The number of nitrogens with zero attached hydrogens (tertiary/aromatic N) is 2. The molecule has 1 aromatic heterocycles. The molecule has 1 aliphatic carbocycles. The van der Waals surface area contributed by atoms with Crippen molar-refractivity contribution in [1.82, 2.24) is 20.6 Å². The Morgan fingerprint density at radius 3 is 2.39 bits per heavy atom. The van der Waals surface area contributed by atoms with Crippen LogP contribution in [-0.4, -0.2) is 39.6 Å². The molecule has 1 fully saturated rings. The number of hydrogen-bond donors (Lipinski definition) is 3. The molecule has 1 aliphatic rings. The second kappa shape index (κ2) is 8.45. The van der Waals surface area contributed by atoms with Crippen LogP contribution in [0.3, 0.4) is 0 Å². The van der Waals surface area contributed by atoms with Crippen molar-refractivity contribution in [3.63, 3.8) is 0 Å². The topological polar surface area (TPSA) is 127 Å². The molecule has 1 heterocycles. The lowest BCUT2D eigenvalue weighted by Gasteiger charge is -2.21. The molecule has 0 aliphatic heterocycles. The molecule has 0 radical (unpaired) electrons. The van der Waals surface area contributed by atoms with Gasteiger partial charge in [-0.2, -0.15) is 0 Å². The van der Waals surface area contributed by atoms with Crippen LogP contribution in [0.15, 0.2) is 42.9 Å². The number of carbonyl (C=O) groups excluding carboxylic acids is 3. The largest absolute Gasteiger partial charge is 0.398 e. The number of carbonyl (C=O) groups is 3. The highest BCUT2D eigenvalue weighted by Crippen LogP contribution is 2.60. The van der Waals surface area contributed by atoms with Crippen molar-refractivity contribution in [3.8, 4) is 0 Å². The van der Waals surface area contributed by atoms with E-state index < -0.39 is 22.8 Å². The molecule has 0 bridgehead atoms. The van der Waals surface area contributed by atoms with Crippen molar-refractivity contribution >= 4 is 23.3 Å². The van der Waals surface area contributed by atoms with Crippen molar-refractivity contribution in [3.05, 3.63) is 54.1 Å². The van der Waals surface area contributed by atoms with Crippen LogP contribution in [0.2, 0.25) is 0 Å². The fourth-order valence-electron chi connectivity index (χ4n) is 3.97. The Bertz CT molecular complexity index is 986. The maximum Gasteiger partial charge on any atom is 0.225 e. The molecule has 4 N–H and O–H groups in total. The lowest BCUT2D eigenvalue weighted by Crippen LogP contribution is -2.43. The summed E-state index contributed by atoms with van der Waals surface area (Å²) in [5.74, 6) is -2.48. The maximum absolute atomic E-state index is 13.4. The van der Waals surface area contributed by atoms with Crippen LogP contribution in [0, 0.1) is 17.3 Å². The molecule has 0 saturated heterocycles. The molecular formula is C23H29N5O3. The summed E-state index contributed by atoms with van der Waals surface area (Å²) in [6, 6.07) is 6.72. The zero-order chi connectivity index (χ0) is 22.8. The molecule has 31 heavy (non-hydrogen) atoms. The number of para-hydroxylation sites is 1. The van der Waals surface area contributed by atoms with Crippen LogP contribution in [0.4, 0.5) is 5.69 Å². The quantitative estimate of drug-likeness (QED) is 0.460. The Morgan fingerprint density at radius 1 is 1.10 bits per heavy atom. The van der Waals surface area contributed by atoms with E-state index in [0.717, 1.165) is 5.69 Å². The SMILES string of the molecule is CC(C)(C)NC(=O)[C@H]1[C@@H](C(=O)NCCc2cnccn2)[C@@]1(C)C(=O)c1ccccc1N. The van der Waals surface area contributed by atoms with Gasteiger partial charge >= 0.3 is 0 Å². The van der Waals surface area contributed by atoms with Gasteiger partial charge in [0.1, 0.15) is 0 Å². The summed E-state index contributed by atoms with van der Waals surface area (Å²) in [6.07, 6.45) is 5.30. The Morgan fingerprint density at radius 2 is 1.77 bits per heavy atom. The molecule has 3 rings (SSSR count). The number of anilines is 1. The van der Waals surface area contributed by atoms with Crippen LogP contribution >= 0.6 is 0 Å². The number of hydrogen-bond acceptors (Lipinski definition) is 6. The second-order valence-electron chi connectivity index (χ2n) is 9.13. The standard InChI is InChI=1S/C23H29N5O3/c1-22(2,3)28-21(31)18-17(20(30)27-10-9-14-13-25-11-12-26-14)23(18,4)19(29)15-7-5-6-8-16(15)24/h5-8,11-13,17-18H,9-10,24H2,1-4H3,(H,27,30)(H,28,31)/t17-,18+,23+/m0/s1. The molecule has 2 amide bonds. The van der Waals surface area contributed by atoms with Gasteiger partial charge in [0, 0.05) is 48.3 Å². The third-order valence-corrected chi connectivity index (χ3v) is 5.57. The summed E-state index contributed by atoms with van der Waals surface area (Å²) >= 11 is 0. The monoisotopic (exact) mass is 423 g/mol.